The quantitative estimate of drug-likeness (QED) is 0.247. The lowest BCUT2D eigenvalue weighted by Crippen LogP contribution is -2.14. The van der Waals surface area contributed by atoms with E-state index >= 15 is 0 Å². The number of rotatable bonds is 8. The van der Waals surface area contributed by atoms with E-state index < -0.39 is 5.91 Å². The van der Waals surface area contributed by atoms with Crippen LogP contribution in [0, 0.1) is 5.82 Å². The Bertz CT molecular complexity index is 1820. The first kappa shape index (κ1) is 23.7. The van der Waals surface area contributed by atoms with Gasteiger partial charge in [0.2, 0.25) is 0 Å². The molecule has 0 bridgehead atoms. The Morgan fingerprint density at radius 1 is 1.00 bits per heavy atom. The van der Waals surface area contributed by atoms with Gasteiger partial charge in [-0.3, -0.25) is 4.79 Å². The van der Waals surface area contributed by atoms with Crippen molar-refractivity contribution in [1.29, 1.82) is 0 Å². The first-order valence-corrected chi connectivity index (χ1v) is 12.3. The minimum absolute atomic E-state index is 0.317. The van der Waals surface area contributed by atoms with Crippen molar-refractivity contribution in [2.24, 2.45) is 5.73 Å². The highest BCUT2D eigenvalue weighted by molar-refractivity contribution is 6.15. The second kappa shape index (κ2) is 9.64. The summed E-state index contributed by atoms with van der Waals surface area (Å²) in [5.41, 5.74) is 10.9. The fraction of sp³-hybridized carbons (Fsp3) is 0.133. The monoisotopic (exact) mass is 508 g/mol. The van der Waals surface area contributed by atoms with Crippen LogP contribution in [0.15, 0.2) is 78.9 Å². The summed E-state index contributed by atoms with van der Waals surface area (Å²) in [4.78, 5) is 20.1. The van der Waals surface area contributed by atoms with Crippen molar-refractivity contribution in [2.45, 2.75) is 6.42 Å². The van der Waals surface area contributed by atoms with Crippen molar-refractivity contribution in [3.63, 3.8) is 0 Å². The number of hydrogen-bond acceptors (Lipinski definition) is 4. The highest BCUT2D eigenvalue weighted by Crippen LogP contribution is 2.38. The zero-order valence-electron chi connectivity index (χ0n) is 20.7. The number of methoxy groups -OCH3 is 1. The number of ether oxygens (including phenoxy) is 2. The number of carbonyl (C=O) groups is 1. The molecule has 4 aromatic carbocycles. The number of primary amides is 1. The number of hydrogen-bond donors (Lipinski definition) is 2. The summed E-state index contributed by atoms with van der Waals surface area (Å²) in [5, 5.41) is 2.04. The highest BCUT2D eigenvalue weighted by atomic mass is 19.1. The average Bonchev–Trinajstić information content (AvgIpc) is 3.49. The minimum Gasteiger partial charge on any atom is -0.493 e. The molecule has 3 N–H and O–H groups in total. The van der Waals surface area contributed by atoms with Gasteiger partial charge in [0, 0.05) is 48.2 Å². The third-order valence-electron chi connectivity index (χ3n) is 6.64. The Morgan fingerprint density at radius 2 is 1.84 bits per heavy atom. The molecule has 0 atom stereocenters. The number of imidazole rings is 1. The molecule has 6 aromatic rings. The number of nitrogens with one attached hydrogen (secondary N) is 1. The molecule has 0 unspecified atom stereocenters. The maximum atomic E-state index is 13.8. The van der Waals surface area contributed by atoms with Crippen molar-refractivity contribution in [2.75, 3.05) is 20.3 Å². The molecule has 38 heavy (non-hydrogen) atoms. The molecule has 1 amide bonds. The Kier molecular flexibility index (Phi) is 6.01. The molecule has 2 aromatic heterocycles. The summed E-state index contributed by atoms with van der Waals surface area (Å²) in [5.74, 6) is 0.212. The maximum absolute atomic E-state index is 13.8. The minimum atomic E-state index is -0.552. The fourth-order valence-electron chi connectivity index (χ4n) is 4.96. The van der Waals surface area contributed by atoms with Crippen LogP contribution >= 0.6 is 0 Å². The third-order valence-corrected chi connectivity index (χ3v) is 6.64. The molecule has 0 aliphatic carbocycles. The SMILES string of the molecule is COCCCOc1cc(-n2c3ccccc3c3c(-c4nc5ccc(F)cc5[nH]4)cccc32)ccc1C(N)=O. The normalized spacial score (nSPS) is 11.5. The molecule has 7 nitrogen and oxygen atoms in total. The van der Waals surface area contributed by atoms with Crippen molar-refractivity contribution in [1.82, 2.24) is 14.5 Å². The molecule has 0 fully saturated rings. The molecule has 0 aliphatic rings. The summed E-state index contributed by atoms with van der Waals surface area (Å²) in [7, 11) is 1.63. The van der Waals surface area contributed by atoms with E-state index in [4.69, 9.17) is 20.2 Å². The molecule has 0 saturated carbocycles. The Hall–Kier alpha value is -4.69. The summed E-state index contributed by atoms with van der Waals surface area (Å²) in [6.45, 7) is 0.942. The van der Waals surface area contributed by atoms with Crippen LogP contribution in [0.1, 0.15) is 16.8 Å². The van der Waals surface area contributed by atoms with Crippen LogP contribution in [0.4, 0.5) is 4.39 Å². The van der Waals surface area contributed by atoms with Crippen LogP contribution < -0.4 is 10.5 Å². The van der Waals surface area contributed by atoms with E-state index in [9.17, 15) is 9.18 Å². The van der Waals surface area contributed by atoms with Crippen LogP contribution in [-0.4, -0.2) is 40.8 Å². The van der Waals surface area contributed by atoms with E-state index in [1.165, 1.54) is 12.1 Å². The number of aromatic nitrogens is 3. The molecule has 190 valence electrons. The number of H-pyrrole nitrogens is 1. The first-order valence-electron chi connectivity index (χ1n) is 12.3. The number of benzene rings is 4. The molecule has 0 spiro atoms. The summed E-state index contributed by atoms with van der Waals surface area (Å²) >= 11 is 0. The van der Waals surface area contributed by atoms with Gasteiger partial charge in [0.1, 0.15) is 17.4 Å². The van der Waals surface area contributed by atoms with Gasteiger partial charge in [0.25, 0.3) is 5.91 Å². The molecule has 2 heterocycles. The van der Waals surface area contributed by atoms with E-state index in [1.54, 1.807) is 19.2 Å². The molecule has 8 heteroatoms. The Labute approximate surface area is 217 Å². The molecular formula is C30H25FN4O3. The zero-order chi connectivity index (χ0) is 26.2. The third kappa shape index (κ3) is 4.05. The number of halogens is 1. The fourth-order valence-corrected chi connectivity index (χ4v) is 4.96. The lowest BCUT2D eigenvalue weighted by molar-refractivity contribution is 0.0995. The molecule has 6 rings (SSSR count). The second-order valence-corrected chi connectivity index (χ2v) is 9.04. The number of aromatic amines is 1. The number of nitrogens with two attached hydrogens (primary N) is 1. The largest absolute Gasteiger partial charge is 0.493 e. The predicted octanol–water partition coefficient (Wildman–Crippen LogP) is 5.98. The maximum Gasteiger partial charge on any atom is 0.252 e. The van der Waals surface area contributed by atoms with Crippen molar-refractivity contribution in [3.8, 4) is 22.8 Å². The van der Waals surface area contributed by atoms with Crippen LogP contribution in [0.2, 0.25) is 0 Å². The van der Waals surface area contributed by atoms with E-state index in [0.29, 0.717) is 47.8 Å². The Balaban J connectivity index is 1.55. The van der Waals surface area contributed by atoms with E-state index in [0.717, 1.165) is 33.1 Å². The van der Waals surface area contributed by atoms with Crippen LogP contribution in [-0.2, 0) is 4.74 Å². The highest BCUT2D eigenvalue weighted by Gasteiger charge is 2.19. The summed E-state index contributed by atoms with van der Waals surface area (Å²) in [6.07, 6.45) is 0.680. The van der Waals surface area contributed by atoms with Gasteiger partial charge in [-0.2, -0.15) is 0 Å². The topological polar surface area (TPSA) is 95.2 Å². The number of nitrogens with zero attached hydrogens (tertiary/aromatic N) is 2. The van der Waals surface area contributed by atoms with E-state index in [1.807, 2.05) is 48.5 Å². The lowest BCUT2D eigenvalue weighted by Gasteiger charge is -2.14. The zero-order valence-corrected chi connectivity index (χ0v) is 20.7. The molecule has 0 saturated heterocycles. The predicted molar refractivity (Wildman–Crippen MR) is 146 cm³/mol. The van der Waals surface area contributed by atoms with Crippen LogP contribution in [0.25, 0.3) is 49.9 Å². The van der Waals surface area contributed by atoms with Gasteiger partial charge in [-0.15, -0.1) is 0 Å². The van der Waals surface area contributed by atoms with Crippen LogP contribution in [0.3, 0.4) is 0 Å². The first-order chi connectivity index (χ1) is 18.5. The van der Waals surface area contributed by atoms with Gasteiger partial charge >= 0.3 is 0 Å². The second-order valence-electron chi connectivity index (χ2n) is 9.04. The smallest absolute Gasteiger partial charge is 0.252 e. The number of carbonyl (C=O) groups excluding carboxylic acids is 1. The number of fused-ring (bicyclic) bond motifs is 4. The molecule has 0 radical (unpaired) electrons. The standard InChI is InChI=1S/C30H25FN4O3/c1-37-14-5-15-38-27-17-19(11-12-21(27)29(32)36)35-25-8-3-2-6-20(25)28-22(7-4-9-26(28)35)30-33-23-13-10-18(31)16-24(23)34-30/h2-4,6-13,16-17H,5,14-15H2,1H3,(H2,32,36)(H,33,34). The van der Waals surface area contributed by atoms with Gasteiger partial charge in [-0.25, -0.2) is 9.37 Å². The van der Waals surface area contributed by atoms with Gasteiger partial charge in [-0.1, -0.05) is 30.3 Å². The van der Waals surface area contributed by atoms with E-state index in [2.05, 4.69) is 15.6 Å². The summed E-state index contributed by atoms with van der Waals surface area (Å²) < 4.78 is 27.0. The van der Waals surface area contributed by atoms with E-state index in [-0.39, 0.29) is 5.82 Å². The number of amides is 1. The Morgan fingerprint density at radius 3 is 2.68 bits per heavy atom. The summed E-state index contributed by atoms with van der Waals surface area (Å²) in [6, 6.07) is 24.1. The van der Waals surface area contributed by atoms with Crippen molar-refractivity contribution >= 4 is 38.7 Å². The number of para-hydroxylation sites is 1. The van der Waals surface area contributed by atoms with Gasteiger partial charge in [0.15, 0.2) is 0 Å². The van der Waals surface area contributed by atoms with Gasteiger partial charge in [-0.05, 0) is 42.5 Å². The van der Waals surface area contributed by atoms with Crippen molar-refractivity contribution in [3.05, 3.63) is 90.2 Å². The van der Waals surface area contributed by atoms with Crippen molar-refractivity contribution < 1.29 is 18.7 Å². The lowest BCUT2D eigenvalue weighted by atomic mass is 10.1. The van der Waals surface area contributed by atoms with Gasteiger partial charge < -0.3 is 24.8 Å². The van der Waals surface area contributed by atoms with Gasteiger partial charge in [0.05, 0.1) is 34.2 Å². The van der Waals surface area contributed by atoms with Crippen LogP contribution in [0.5, 0.6) is 5.75 Å². The molecular weight excluding hydrogens is 483 g/mol. The average molecular weight is 509 g/mol. The molecule has 0 aliphatic heterocycles.